The normalized spacial score (nSPS) is 13.7. The lowest BCUT2D eigenvalue weighted by atomic mass is 10.1. The molecule has 0 bridgehead atoms. The van der Waals surface area contributed by atoms with Crippen LogP contribution >= 0.6 is 0 Å². The highest BCUT2D eigenvalue weighted by Crippen LogP contribution is 2.03. The second-order valence-electron chi connectivity index (χ2n) is 4.56. The monoisotopic (exact) mass is 273 g/mol. The molecule has 0 aromatic rings. The van der Waals surface area contributed by atoms with Gasteiger partial charge in [-0.15, -0.1) is 0 Å². The molecule has 0 aromatic carbocycles. The summed E-state index contributed by atoms with van der Waals surface area (Å²) in [5.74, 6) is -0.752. The molecule has 5 heteroatoms. The van der Waals surface area contributed by atoms with Gasteiger partial charge in [0.2, 0.25) is 0 Å². The summed E-state index contributed by atoms with van der Waals surface area (Å²) in [6.07, 6.45) is 2.71. The summed E-state index contributed by atoms with van der Waals surface area (Å²) >= 11 is 0. The van der Waals surface area contributed by atoms with E-state index in [1.54, 1.807) is 6.92 Å². The van der Waals surface area contributed by atoms with Crippen molar-refractivity contribution in [2.45, 2.75) is 65.5 Å². The molecule has 112 valence electrons. The largest absolute Gasteiger partial charge is 0.466 e. The first-order chi connectivity index (χ1) is 9.04. The van der Waals surface area contributed by atoms with Crippen LogP contribution in [0, 0.1) is 0 Å². The van der Waals surface area contributed by atoms with Gasteiger partial charge in [0, 0.05) is 6.04 Å². The number of carbonyl (C=O) groups excluding carboxylic acids is 2. The molecule has 0 aliphatic rings. The average Bonchev–Trinajstić information content (AvgIpc) is 2.38. The Morgan fingerprint density at radius 1 is 1.16 bits per heavy atom. The minimum absolute atomic E-state index is 0.0207. The lowest BCUT2D eigenvalue weighted by molar-refractivity contribution is -0.152. The molecule has 0 amide bonds. The summed E-state index contributed by atoms with van der Waals surface area (Å²) in [5, 5.41) is 3.10. The highest BCUT2D eigenvalue weighted by Gasteiger charge is 2.24. The standard InChI is InChI=1S/C14H27NO4/c1-5-8-9-19-13(16)10-12(14(17)18-7-3)15-11(4)6-2/h11-12,15H,5-10H2,1-4H3. The van der Waals surface area contributed by atoms with E-state index in [0.717, 1.165) is 19.3 Å². The number of rotatable bonds is 10. The van der Waals surface area contributed by atoms with Gasteiger partial charge in [0.05, 0.1) is 19.6 Å². The van der Waals surface area contributed by atoms with E-state index in [1.165, 1.54) is 0 Å². The van der Waals surface area contributed by atoms with Gasteiger partial charge in [0.15, 0.2) is 0 Å². The molecule has 2 unspecified atom stereocenters. The van der Waals surface area contributed by atoms with Crippen molar-refractivity contribution in [3.63, 3.8) is 0 Å². The zero-order chi connectivity index (χ0) is 14.7. The summed E-state index contributed by atoms with van der Waals surface area (Å²) in [5.41, 5.74) is 0. The number of hydrogen-bond donors (Lipinski definition) is 1. The highest BCUT2D eigenvalue weighted by molar-refractivity contribution is 5.82. The van der Waals surface area contributed by atoms with Crippen LogP contribution in [0.25, 0.3) is 0 Å². The molecular weight excluding hydrogens is 246 g/mol. The van der Waals surface area contributed by atoms with Crippen LogP contribution in [0.15, 0.2) is 0 Å². The lowest BCUT2D eigenvalue weighted by Crippen LogP contribution is -2.44. The van der Waals surface area contributed by atoms with E-state index in [9.17, 15) is 9.59 Å². The predicted molar refractivity (Wildman–Crippen MR) is 73.8 cm³/mol. The number of hydrogen-bond acceptors (Lipinski definition) is 5. The van der Waals surface area contributed by atoms with Gasteiger partial charge in [-0.05, 0) is 26.7 Å². The molecular formula is C14H27NO4. The highest BCUT2D eigenvalue weighted by atomic mass is 16.5. The molecule has 0 rings (SSSR count). The van der Waals surface area contributed by atoms with Gasteiger partial charge in [-0.3, -0.25) is 9.59 Å². The number of ether oxygens (including phenoxy) is 2. The Morgan fingerprint density at radius 2 is 1.84 bits per heavy atom. The Balaban J connectivity index is 4.31. The number of esters is 2. The summed E-state index contributed by atoms with van der Waals surface area (Å²) in [4.78, 5) is 23.4. The van der Waals surface area contributed by atoms with Gasteiger partial charge in [-0.2, -0.15) is 0 Å². The molecule has 0 radical (unpaired) electrons. The van der Waals surface area contributed by atoms with Crippen molar-refractivity contribution >= 4 is 11.9 Å². The maximum absolute atomic E-state index is 11.8. The quantitative estimate of drug-likeness (QED) is 0.487. The molecule has 0 aliphatic heterocycles. The number of unbranched alkanes of at least 4 members (excludes halogenated alkanes) is 1. The Morgan fingerprint density at radius 3 is 2.37 bits per heavy atom. The molecule has 0 fully saturated rings. The molecule has 0 spiro atoms. The van der Waals surface area contributed by atoms with Crippen LogP contribution in [-0.4, -0.2) is 37.2 Å². The summed E-state index contributed by atoms with van der Waals surface area (Å²) in [6.45, 7) is 8.47. The van der Waals surface area contributed by atoms with Gasteiger partial charge >= 0.3 is 11.9 Å². The first kappa shape index (κ1) is 17.9. The lowest BCUT2D eigenvalue weighted by Gasteiger charge is -2.20. The third kappa shape index (κ3) is 8.59. The maximum atomic E-state index is 11.8. The molecule has 19 heavy (non-hydrogen) atoms. The molecule has 0 aliphatic carbocycles. The molecule has 0 heterocycles. The van der Waals surface area contributed by atoms with Crippen molar-refractivity contribution in [3.05, 3.63) is 0 Å². The van der Waals surface area contributed by atoms with Crippen molar-refractivity contribution in [2.75, 3.05) is 13.2 Å². The van der Waals surface area contributed by atoms with E-state index in [4.69, 9.17) is 9.47 Å². The van der Waals surface area contributed by atoms with E-state index < -0.39 is 12.0 Å². The zero-order valence-corrected chi connectivity index (χ0v) is 12.5. The fourth-order valence-corrected chi connectivity index (χ4v) is 1.47. The molecule has 5 nitrogen and oxygen atoms in total. The summed E-state index contributed by atoms with van der Waals surface area (Å²) < 4.78 is 10.0. The van der Waals surface area contributed by atoms with Crippen LogP contribution in [-0.2, 0) is 19.1 Å². The van der Waals surface area contributed by atoms with Crippen LogP contribution in [0.1, 0.15) is 53.4 Å². The molecule has 1 N–H and O–H groups in total. The Labute approximate surface area is 116 Å². The van der Waals surface area contributed by atoms with Crippen molar-refractivity contribution in [2.24, 2.45) is 0 Å². The van der Waals surface area contributed by atoms with Gasteiger partial charge in [0.25, 0.3) is 0 Å². The van der Waals surface area contributed by atoms with Crippen LogP contribution in [0.2, 0.25) is 0 Å². The first-order valence-electron chi connectivity index (χ1n) is 7.13. The van der Waals surface area contributed by atoms with Gasteiger partial charge in [0.1, 0.15) is 6.04 Å². The number of nitrogens with one attached hydrogen (secondary N) is 1. The summed E-state index contributed by atoms with van der Waals surface area (Å²) in [6, 6.07) is -0.470. The average molecular weight is 273 g/mol. The van der Waals surface area contributed by atoms with Crippen molar-refractivity contribution in [1.82, 2.24) is 5.32 Å². The van der Waals surface area contributed by atoms with E-state index in [2.05, 4.69) is 5.32 Å². The smallest absolute Gasteiger partial charge is 0.323 e. The summed E-state index contributed by atoms with van der Waals surface area (Å²) in [7, 11) is 0. The fourth-order valence-electron chi connectivity index (χ4n) is 1.47. The van der Waals surface area contributed by atoms with Gasteiger partial charge in [-0.25, -0.2) is 0 Å². The van der Waals surface area contributed by atoms with Crippen molar-refractivity contribution in [1.29, 1.82) is 0 Å². The maximum Gasteiger partial charge on any atom is 0.323 e. The van der Waals surface area contributed by atoms with Crippen molar-refractivity contribution < 1.29 is 19.1 Å². The third-order valence-electron chi connectivity index (χ3n) is 2.80. The number of carbonyl (C=O) groups is 2. The van der Waals surface area contributed by atoms with E-state index in [1.807, 2.05) is 20.8 Å². The second kappa shape index (κ2) is 10.8. The van der Waals surface area contributed by atoms with E-state index in [0.29, 0.717) is 13.2 Å². The Kier molecular flexibility index (Phi) is 10.2. The Hall–Kier alpha value is -1.10. The molecule has 0 aromatic heterocycles. The first-order valence-corrected chi connectivity index (χ1v) is 7.13. The zero-order valence-electron chi connectivity index (χ0n) is 12.5. The second-order valence-corrected chi connectivity index (χ2v) is 4.56. The van der Waals surface area contributed by atoms with Crippen LogP contribution in [0.5, 0.6) is 0 Å². The van der Waals surface area contributed by atoms with E-state index in [-0.39, 0.29) is 18.4 Å². The minimum Gasteiger partial charge on any atom is -0.466 e. The molecule has 2 atom stereocenters. The Bertz CT molecular complexity index is 268. The van der Waals surface area contributed by atoms with E-state index >= 15 is 0 Å². The van der Waals surface area contributed by atoms with Crippen molar-refractivity contribution in [3.8, 4) is 0 Å². The van der Waals surface area contributed by atoms with Crippen LogP contribution in [0.4, 0.5) is 0 Å². The predicted octanol–water partition coefficient (Wildman–Crippen LogP) is 2.04. The molecule has 0 saturated heterocycles. The third-order valence-corrected chi connectivity index (χ3v) is 2.80. The minimum atomic E-state index is -0.621. The SMILES string of the molecule is CCCCOC(=O)CC(NC(C)CC)C(=O)OCC. The fraction of sp³-hybridized carbons (Fsp3) is 0.857. The van der Waals surface area contributed by atoms with Crippen LogP contribution in [0.3, 0.4) is 0 Å². The van der Waals surface area contributed by atoms with Gasteiger partial charge in [-0.1, -0.05) is 20.3 Å². The molecule has 0 saturated carbocycles. The topological polar surface area (TPSA) is 64.6 Å². The van der Waals surface area contributed by atoms with Gasteiger partial charge < -0.3 is 14.8 Å². The van der Waals surface area contributed by atoms with Crippen LogP contribution < -0.4 is 5.32 Å².